The molecule has 2 N–H and O–H groups in total. The third kappa shape index (κ3) is 4.40. The molecule has 34 heavy (non-hydrogen) atoms. The highest BCUT2D eigenvalue weighted by Crippen LogP contribution is 2.68. The molecule has 2 amide bonds. The van der Waals surface area contributed by atoms with E-state index in [0.29, 0.717) is 32.7 Å². The SMILES string of the molecule is CCOC(=O)[C@H]1[C@H]2C(=O)N([C@@H](CO)C(C)C)C(C(=O)NCCN3CCOCC3)C23CC(Br)[C@@H]1S3. The van der Waals surface area contributed by atoms with Crippen LogP contribution in [-0.2, 0) is 23.9 Å². The van der Waals surface area contributed by atoms with Gasteiger partial charge in [0, 0.05) is 36.3 Å². The second-order valence-corrected chi connectivity index (χ2v) is 12.6. The fourth-order valence-electron chi connectivity index (χ4n) is 6.11. The number of esters is 1. The third-order valence-electron chi connectivity index (χ3n) is 7.68. The number of amides is 2. The summed E-state index contributed by atoms with van der Waals surface area (Å²) >= 11 is 5.32. The minimum Gasteiger partial charge on any atom is -0.466 e. The summed E-state index contributed by atoms with van der Waals surface area (Å²) in [6.45, 7) is 9.87. The second-order valence-electron chi connectivity index (χ2n) is 9.90. The zero-order valence-electron chi connectivity index (χ0n) is 20.1. The number of halogens is 1. The number of nitrogens with one attached hydrogen (secondary N) is 1. The lowest BCUT2D eigenvalue weighted by molar-refractivity contribution is -0.154. The lowest BCUT2D eigenvalue weighted by atomic mass is 9.71. The molecule has 7 atom stereocenters. The quantitative estimate of drug-likeness (QED) is 0.309. The number of aliphatic hydroxyl groups excluding tert-OH is 1. The molecule has 4 fully saturated rings. The highest BCUT2D eigenvalue weighted by atomic mass is 79.9. The first-order chi connectivity index (χ1) is 16.3. The number of nitrogens with zero attached hydrogens (tertiary/aromatic N) is 2. The molecule has 4 saturated heterocycles. The Morgan fingerprint density at radius 3 is 2.68 bits per heavy atom. The average Bonchev–Trinajstić information content (AvgIpc) is 3.39. The predicted molar refractivity (Wildman–Crippen MR) is 132 cm³/mol. The number of thioether (sulfide) groups is 1. The number of carbonyl (C=O) groups excluding carboxylic acids is 3. The summed E-state index contributed by atoms with van der Waals surface area (Å²) in [4.78, 5) is 44.5. The van der Waals surface area contributed by atoms with Crippen molar-refractivity contribution in [3.8, 4) is 0 Å². The Morgan fingerprint density at radius 1 is 1.35 bits per heavy atom. The van der Waals surface area contributed by atoms with Gasteiger partial charge in [-0.25, -0.2) is 0 Å². The average molecular weight is 563 g/mol. The summed E-state index contributed by atoms with van der Waals surface area (Å²) in [5, 5.41) is 13.2. The van der Waals surface area contributed by atoms with Crippen LogP contribution < -0.4 is 5.32 Å². The Kier molecular flexibility index (Phi) is 8.18. The van der Waals surface area contributed by atoms with Gasteiger partial charge in [0.2, 0.25) is 11.8 Å². The number of rotatable bonds is 9. The molecule has 0 aromatic rings. The predicted octanol–water partition coefficient (Wildman–Crippen LogP) is 0.479. The molecule has 0 saturated carbocycles. The lowest BCUT2D eigenvalue weighted by Crippen LogP contribution is -2.58. The van der Waals surface area contributed by atoms with E-state index < -0.39 is 28.7 Å². The molecule has 0 aromatic heterocycles. The molecular formula is C23H36BrN3O6S. The Hall–Kier alpha value is -0.880. The van der Waals surface area contributed by atoms with Crippen molar-refractivity contribution in [2.75, 3.05) is 52.6 Å². The molecule has 0 radical (unpaired) electrons. The van der Waals surface area contributed by atoms with Gasteiger partial charge in [-0.2, -0.15) is 0 Å². The highest BCUT2D eigenvalue weighted by molar-refractivity contribution is 9.09. The second kappa shape index (κ2) is 10.6. The monoisotopic (exact) mass is 561 g/mol. The lowest BCUT2D eigenvalue weighted by Gasteiger charge is -2.38. The number of ether oxygens (including phenoxy) is 2. The van der Waals surface area contributed by atoms with E-state index in [1.54, 1.807) is 23.6 Å². The fraction of sp³-hybridized carbons (Fsp3) is 0.870. The molecule has 4 rings (SSSR count). The summed E-state index contributed by atoms with van der Waals surface area (Å²) in [5.41, 5.74) is 0. The third-order valence-corrected chi connectivity index (χ3v) is 10.9. The van der Waals surface area contributed by atoms with Crippen LogP contribution in [0.3, 0.4) is 0 Å². The van der Waals surface area contributed by atoms with Gasteiger partial charge in [0.05, 0.1) is 49.1 Å². The summed E-state index contributed by atoms with van der Waals surface area (Å²) in [6, 6.07) is -1.25. The van der Waals surface area contributed by atoms with E-state index in [-0.39, 0.29) is 47.0 Å². The van der Waals surface area contributed by atoms with Crippen LogP contribution in [0, 0.1) is 17.8 Å². The van der Waals surface area contributed by atoms with Crippen LogP contribution in [0.25, 0.3) is 0 Å². The van der Waals surface area contributed by atoms with E-state index in [2.05, 4.69) is 26.1 Å². The number of fused-ring (bicyclic) bond motifs is 1. The van der Waals surface area contributed by atoms with Crippen molar-refractivity contribution in [1.82, 2.24) is 15.1 Å². The van der Waals surface area contributed by atoms with Crippen LogP contribution in [0.1, 0.15) is 27.2 Å². The summed E-state index contributed by atoms with van der Waals surface area (Å²) in [7, 11) is 0. The van der Waals surface area contributed by atoms with E-state index in [4.69, 9.17) is 9.47 Å². The van der Waals surface area contributed by atoms with Crippen LogP contribution in [0.2, 0.25) is 0 Å². The van der Waals surface area contributed by atoms with Gasteiger partial charge >= 0.3 is 5.97 Å². The van der Waals surface area contributed by atoms with Crippen molar-refractivity contribution in [2.24, 2.45) is 17.8 Å². The largest absolute Gasteiger partial charge is 0.466 e. The van der Waals surface area contributed by atoms with Crippen molar-refractivity contribution in [2.45, 2.75) is 54.1 Å². The minimum atomic E-state index is -0.747. The van der Waals surface area contributed by atoms with E-state index in [1.807, 2.05) is 13.8 Å². The number of carbonyl (C=O) groups is 3. The molecule has 3 unspecified atom stereocenters. The molecule has 4 heterocycles. The molecule has 4 aliphatic heterocycles. The van der Waals surface area contributed by atoms with Gasteiger partial charge in [0.1, 0.15) is 6.04 Å². The first-order valence-corrected chi connectivity index (χ1v) is 14.1. The first kappa shape index (κ1) is 26.2. The number of alkyl halides is 1. The summed E-state index contributed by atoms with van der Waals surface area (Å²) < 4.78 is 10.0. The zero-order chi connectivity index (χ0) is 24.6. The number of hydrogen-bond acceptors (Lipinski definition) is 8. The maximum Gasteiger partial charge on any atom is 0.310 e. The highest BCUT2D eigenvalue weighted by Gasteiger charge is 2.76. The fourth-order valence-corrected chi connectivity index (χ4v) is 9.70. The van der Waals surface area contributed by atoms with Crippen LogP contribution in [0.5, 0.6) is 0 Å². The molecule has 11 heteroatoms. The minimum absolute atomic E-state index is 0.00572. The van der Waals surface area contributed by atoms with Crippen LogP contribution in [-0.4, -0.2) is 112 Å². The first-order valence-electron chi connectivity index (χ1n) is 12.3. The summed E-state index contributed by atoms with van der Waals surface area (Å²) in [5.74, 6) is -2.07. The Morgan fingerprint density at radius 2 is 2.06 bits per heavy atom. The van der Waals surface area contributed by atoms with Gasteiger partial charge in [-0.15, -0.1) is 11.8 Å². The summed E-state index contributed by atoms with van der Waals surface area (Å²) in [6.07, 6.45) is 0.614. The standard InChI is InChI=1S/C23H36BrN3O6S/c1-4-33-22(31)16-17-21(30)27(15(12-28)13(2)3)19(23(17)11-14(24)18(16)34-23)20(29)25-5-6-26-7-9-32-10-8-26/h13-19,28H,4-12H2,1-3H3,(H,25,29)/t14?,15-,16-,17-,18-,19?,23?/m0/s1. The normalized spacial score (nSPS) is 36.1. The van der Waals surface area contributed by atoms with E-state index >= 15 is 0 Å². The van der Waals surface area contributed by atoms with E-state index in [1.165, 1.54) is 0 Å². The van der Waals surface area contributed by atoms with Gasteiger partial charge < -0.3 is 24.8 Å². The van der Waals surface area contributed by atoms with Gasteiger partial charge in [-0.1, -0.05) is 29.8 Å². The van der Waals surface area contributed by atoms with Gasteiger partial charge in [-0.3, -0.25) is 19.3 Å². The van der Waals surface area contributed by atoms with E-state index in [0.717, 1.165) is 13.1 Å². The van der Waals surface area contributed by atoms with Crippen molar-refractivity contribution in [1.29, 1.82) is 0 Å². The number of morpholine rings is 1. The maximum absolute atomic E-state index is 13.9. The Labute approximate surface area is 213 Å². The van der Waals surface area contributed by atoms with E-state index in [9.17, 15) is 19.5 Å². The number of aliphatic hydroxyl groups is 1. The molecule has 192 valence electrons. The molecule has 1 spiro atoms. The molecule has 0 aliphatic carbocycles. The van der Waals surface area contributed by atoms with Crippen molar-refractivity contribution >= 4 is 45.5 Å². The van der Waals surface area contributed by atoms with Gasteiger partial charge in [0.15, 0.2) is 0 Å². The van der Waals surface area contributed by atoms with Crippen LogP contribution in [0.15, 0.2) is 0 Å². The van der Waals surface area contributed by atoms with Crippen LogP contribution in [0.4, 0.5) is 0 Å². The Bertz CT molecular complexity index is 797. The molecule has 0 aromatic carbocycles. The Balaban J connectivity index is 1.62. The molecule has 2 bridgehead atoms. The van der Waals surface area contributed by atoms with Crippen molar-refractivity contribution < 1.29 is 29.0 Å². The van der Waals surface area contributed by atoms with Gasteiger partial charge in [-0.05, 0) is 19.3 Å². The molecular weight excluding hydrogens is 526 g/mol. The zero-order valence-corrected chi connectivity index (χ0v) is 22.5. The van der Waals surface area contributed by atoms with Gasteiger partial charge in [0.25, 0.3) is 0 Å². The molecule has 4 aliphatic rings. The number of hydrogen-bond donors (Lipinski definition) is 2. The number of likely N-dealkylation sites (tertiary alicyclic amines) is 1. The van der Waals surface area contributed by atoms with Crippen molar-refractivity contribution in [3.63, 3.8) is 0 Å². The van der Waals surface area contributed by atoms with Crippen molar-refractivity contribution in [3.05, 3.63) is 0 Å². The smallest absolute Gasteiger partial charge is 0.310 e. The maximum atomic E-state index is 13.9. The topological polar surface area (TPSA) is 108 Å². The van der Waals surface area contributed by atoms with Crippen LogP contribution >= 0.6 is 27.7 Å². The molecule has 9 nitrogen and oxygen atoms in total.